The normalized spacial score (nSPS) is 10.1. The first-order valence-electron chi connectivity index (χ1n) is 5.52. The standard InChI is InChI=1S/C13H14N4O/c1-8-3-4-10(14)11(5-8)17-13(18)12-7-15-9(2)6-16-12/h3-7H,14H2,1-2H3,(H,17,18). The van der Waals surface area contributed by atoms with E-state index in [2.05, 4.69) is 15.3 Å². The van der Waals surface area contributed by atoms with Gasteiger partial charge >= 0.3 is 0 Å². The highest BCUT2D eigenvalue weighted by Gasteiger charge is 2.09. The summed E-state index contributed by atoms with van der Waals surface area (Å²) in [6.45, 7) is 3.74. The van der Waals surface area contributed by atoms with Crippen molar-refractivity contribution in [1.82, 2.24) is 9.97 Å². The van der Waals surface area contributed by atoms with Gasteiger partial charge in [0.15, 0.2) is 0 Å². The van der Waals surface area contributed by atoms with Gasteiger partial charge in [-0.25, -0.2) is 4.98 Å². The van der Waals surface area contributed by atoms with E-state index in [-0.39, 0.29) is 11.6 Å². The quantitative estimate of drug-likeness (QED) is 0.788. The number of benzene rings is 1. The number of hydrogen-bond donors (Lipinski definition) is 2. The van der Waals surface area contributed by atoms with Crippen LogP contribution < -0.4 is 11.1 Å². The zero-order chi connectivity index (χ0) is 13.1. The number of aromatic nitrogens is 2. The van der Waals surface area contributed by atoms with Gasteiger partial charge in [0, 0.05) is 6.20 Å². The van der Waals surface area contributed by atoms with E-state index in [0.717, 1.165) is 11.3 Å². The molecule has 0 fully saturated rings. The van der Waals surface area contributed by atoms with Crippen molar-refractivity contribution in [2.45, 2.75) is 13.8 Å². The lowest BCUT2D eigenvalue weighted by molar-refractivity contribution is 0.102. The number of rotatable bonds is 2. The second kappa shape index (κ2) is 4.83. The van der Waals surface area contributed by atoms with E-state index >= 15 is 0 Å². The van der Waals surface area contributed by atoms with Crippen LogP contribution in [0.4, 0.5) is 11.4 Å². The Bertz CT molecular complexity index is 578. The molecule has 0 aliphatic heterocycles. The van der Waals surface area contributed by atoms with E-state index < -0.39 is 0 Å². The molecular formula is C13H14N4O. The summed E-state index contributed by atoms with van der Waals surface area (Å²) in [6.07, 6.45) is 2.99. The van der Waals surface area contributed by atoms with Crippen molar-refractivity contribution in [2.24, 2.45) is 0 Å². The van der Waals surface area contributed by atoms with E-state index in [4.69, 9.17) is 5.73 Å². The van der Waals surface area contributed by atoms with Crippen LogP contribution in [0.3, 0.4) is 0 Å². The van der Waals surface area contributed by atoms with E-state index in [1.807, 2.05) is 26.0 Å². The average Bonchev–Trinajstić information content (AvgIpc) is 2.34. The molecule has 92 valence electrons. The molecule has 1 aromatic carbocycles. The Morgan fingerprint density at radius 2 is 2.00 bits per heavy atom. The van der Waals surface area contributed by atoms with Crippen molar-refractivity contribution in [3.8, 4) is 0 Å². The summed E-state index contributed by atoms with van der Waals surface area (Å²) in [5.74, 6) is -0.320. The Labute approximate surface area is 105 Å². The minimum absolute atomic E-state index is 0.265. The molecule has 1 aromatic heterocycles. The van der Waals surface area contributed by atoms with Gasteiger partial charge in [0.25, 0.3) is 5.91 Å². The van der Waals surface area contributed by atoms with Crippen LogP contribution >= 0.6 is 0 Å². The lowest BCUT2D eigenvalue weighted by Crippen LogP contribution is -2.15. The molecule has 0 radical (unpaired) electrons. The van der Waals surface area contributed by atoms with Gasteiger partial charge in [0.2, 0.25) is 0 Å². The monoisotopic (exact) mass is 242 g/mol. The fourth-order valence-corrected chi connectivity index (χ4v) is 1.47. The molecule has 2 rings (SSSR count). The largest absolute Gasteiger partial charge is 0.397 e. The number of carbonyl (C=O) groups excluding carboxylic acids is 1. The molecule has 18 heavy (non-hydrogen) atoms. The van der Waals surface area contributed by atoms with Crippen molar-refractivity contribution >= 4 is 17.3 Å². The molecule has 0 unspecified atom stereocenters. The van der Waals surface area contributed by atoms with Crippen molar-refractivity contribution in [3.05, 3.63) is 47.5 Å². The summed E-state index contributed by atoms with van der Waals surface area (Å²) in [6, 6.07) is 5.46. The smallest absolute Gasteiger partial charge is 0.275 e. The molecular weight excluding hydrogens is 228 g/mol. The van der Waals surface area contributed by atoms with Crippen molar-refractivity contribution in [1.29, 1.82) is 0 Å². The Kier molecular flexibility index (Phi) is 3.23. The van der Waals surface area contributed by atoms with E-state index in [1.54, 1.807) is 12.3 Å². The maximum absolute atomic E-state index is 11.9. The van der Waals surface area contributed by atoms with Crippen LogP contribution in [0.25, 0.3) is 0 Å². The predicted octanol–water partition coefficient (Wildman–Crippen LogP) is 1.93. The molecule has 0 bridgehead atoms. The third kappa shape index (κ3) is 2.63. The number of nitrogens with one attached hydrogen (secondary N) is 1. The summed E-state index contributed by atoms with van der Waals surface area (Å²) in [7, 11) is 0. The fraction of sp³-hybridized carbons (Fsp3) is 0.154. The van der Waals surface area contributed by atoms with Gasteiger partial charge in [-0.3, -0.25) is 9.78 Å². The molecule has 2 aromatic rings. The number of carbonyl (C=O) groups is 1. The predicted molar refractivity (Wildman–Crippen MR) is 70.3 cm³/mol. The molecule has 0 aliphatic rings. The lowest BCUT2D eigenvalue weighted by atomic mass is 10.2. The second-order valence-corrected chi connectivity index (χ2v) is 4.09. The van der Waals surface area contributed by atoms with Crippen LogP contribution in [-0.4, -0.2) is 15.9 Å². The minimum Gasteiger partial charge on any atom is -0.397 e. The SMILES string of the molecule is Cc1ccc(N)c(NC(=O)c2cnc(C)cn2)c1. The van der Waals surface area contributed by atoms with Gasteiger partial charge < -0.3 is 11.1 Å². The minimum atomic E-state index is -0.320. The summed E-state index contributed by atoms with van der Waals surface area (Å²) in [4.78, 5) is 20.0. The molecule has 5 heteroatoms. The Balaban J connectivity index is 2.21. The number of nitrogens with zero attached hydrogens (tertiary/aromatic N) is 2. The van der Waals surface area contributed by atoms with Crippen molar-refractivity contribution in [2.75, 3.05) is 11.1 Å². The van der Waals surface area contributed by atoms with E-state index in [0.29, 0.717) is 11.4 Å². The van der Waals surface area contributed by atoms with E-state index in [9.17, 15) is 4.79 Å². The number of aryl methyl sites for hydroxylation is 2. The highest BCUT2D eigenvalue weighted by Crippen LogP contribution is 2.19. The Hall–Kier alpha value is -2.43. The first-order chi connectivity index (χ1) is 8.56. The summed E-state index contributed by atoms with van der Waals surface area (Å²) < 4.78 is 0. The summed E-state index contributed by atoms with van der Waals surface area (Å²) >= 11 is 0. The van der Waals surface area contributed by atoms with Gasteiger partial charge in [0.1, 0.15) is 5.69 Å². The molecule has 0 aliphatic carbocycles. The van der Waals surface area contributed by atoms with Crippen LogP contribution in [-0.2, 0) is 0 Å². The second-order valence-electron chi connectivity index (χ2n) is 4.09. The van der Waals surface area contributed by atoms with Gasteiger partial charge in [-0.1, -0.05) is 6.07 Å². The maximum Gasteiger partial charge on any atom is 0.275 e. The summed E-state index contributed by atoms with van der Waals surface area (Å²) in [5.41, 5.74) is 8.95. The lowest BCUT2D eigenvalue weighted by Gasteiger charge is -2.08. The Morgan fingerprint density at radius 3 is 2.67 bits per heavy atom. The number of anilines is 2. The molecule has 0 saturated carbocycles. The van der Waals surface area contributed by atoms with Crippen molar-refractivity contribution in [3.63, 3.8) is 0 Å². The summed E-state index contributed by atoms with van der Waals surface area (Å²) in [5, 5.41) is 2.72. The average molecular weight is 242 g/mol. The molecule has 0 saturated heterocycles. The number of nitrogens with two attached hydrogens (primary N) is 1. The van der Waals surface area contributed by atoms with Crippen LogP contribution in [0.1, 0.15) is 21.7 Å². The van der Waals surface area contributed by atoms with Crippen molar-refractivity contribution < 1.29 is 4.79 Å². The molecule has 0 spiro atoms. The zero-order valence-corrected chi connectivity index (χ0v) is 10.3. The first kappa shape index (κ1) is 12.0. The first-order valence-corrected chi connectivity index (χ1v) is 5.52. The van der Waals surface area contributed by atoms with Gasteiger partial charge in [-0.15, -0.1) is 0 Å². The van der Waals surface area contributed by atoms with Gasteiger partial charge in [-0.2, -0.15) is 0 Å². The molecule has 5 nitrogen and oxygen atoms in total. The third-order valence-electron chi connectivity index (χ3n) is 2.47. The van der Waals surface area contributed by atoms with Crippen LogP contribution in [0, 0.1) is 13.8 Å². The van der Waals surface area contributed by atoms with Gasteiger partial charge in [-0.05, 0) is 31.5 Å². The fourth-order valence-electron chi connectivity index (χ4n) is 1.47. The number of nitrogen functional groups attached to an aromatic ring is 1. The Morgan fingerprint density at radius 1 is 1.22 bits per heavy atom. The van der Waals surface area contributed by atoms with Crippen LogP contribution in [0.2, 0.25) is 0 Å². The maximum atomic E-state index is 11.9. The molecule has 1 heterocycles. The molecule has 1 amide bonds. The van der Waals surface area contributed by atoms with E-state index in [1.165, 1.54) is 6.20 Å². The van der Waals surface area contributed by atoms with Crippen LogP contribution in [0.5, 0.6) is 0 Å². The van der Waals surface area contributed by atoms with Gasteiger partial charge in [0.05, 0.1) is 23.3 Å². The highest BCUT2D eigenvalue weighted by atomic mass is 16.1. The zero-order valence-electron chi connectivity index (χ0n) is 10.3. The highest BCUT2D eigenvalue weighted by molar-refractivity contribution is 6.04. The third-order valence-corrected chi connectivity index (χ3v) is 2.47. The topological polar surface area (TPSA) is 80.9 Å². The molecule has 3 N–H and O–H groups in total. The van der Waals surface area contributed by atoms with Crippen LogP contribution in [0.15, 0.2) is 30.6 Å². The number of amides is 1. The molecule has 0 atom stereocenters. The number of hydrogen-bond acceptors (Lipinski definition) is 4.